The Bertz CT molecular complexity index is 375. The molecule has 122 valence electrons. The molecule has 2 heterocycles. The van der Waals surface area contributed by atoms with Gasteiger partial charge in [-0.3, -0.25) is 9.69 Å². The zero-order valence-corrected chi connectivity index (χ0v) is 14.2. The third-order valence-corrected chi connectivity index (χ3v) is 5.78. The van der Waals surface area contributed by atoms with Crippen LogP contribution >= 0.6 is 24.8 Å². The van der Waals surface area contributed by atoms with E-state index in [9.17, 15) is 4.79 Å². The van der Waals surface area contributed by atoms with Gasteiger partial charge in [-0.15, -0.1) is 24.8 Å². The second kappa shape index (κ2) is 6.61. The second-order valence-corrected chi connectivity index (χ2v) is 6.96. The molecule has 2 aliphatic carbocycles. The molecular formula is C15H27Cl2N3O. The fourth-order valence-corrected chi connectivity index (χ4v) is 4.14. The zero-order valence-electron chi connectivity index (χ0n) is 12.6. The Hall–Kier alpha value is -0.0300. The molecule has 4 nitrogen and oxygen atoms in total. The summed E-state index contributed by atoms with van der Waals surface area (Å²) in [6, 6.07) is 0.855. The molecule has 2 saturated heterocycles. The van der Waals surface area contributed by atoms with Crippen LogP contribution in [0.3, 0.4) is 0 Å². The van der Waals surface area contributed by atoms with Crippen LogP contribution in [0.5, 0.6) is 0 Å². The molecule has 0 aromatic rings. The molecule has 1 amide bonds. The standard InChI is InChI=1S/C15H25N3O.2ClH/c19-14(13-11-15(13)3-5-16-6-4-15)18-9-7-17(8-10-18)12-1-2-12;;/h12-13,16H,1-11H2;2*1H. The maximum atomic E-state index is 12.6. The molecule has 21 heavy (non-hydrogen) atoms. The number of carbonyl (C=O) groups excluding carboxylic acids is 1. The lowest BCUT2D eigenvalue weighted by atomic mass is 9.91. The van der Waals surface area contributed by atoms with E-state index in [1.165, 1.54) is 25.7 Å². The average molecular weight is 336 g/mol. The highest BCUT2D eigenvalue weighted by atomic mass is 35.5. The monoisotopic (exact) mass is 335 g/mol. The number of hydrogen-bond acceptors (Lipinski definition) is 3. The Morgan fingerprint density at radius 1 is 1.00 bits per heavy atom. The predicted octanol–water partition coefficient (Wildman–Crippen LogP) is 1.53. The minimum absolute atomic E-state index is 0. The zero-order chi connectivity index (χ0) is 12.9. The summed E-state index contributed by atoms with van der Waals surface area (Å²) >= 11 is 0. The van der Waals surface area contributed by atoms with Crippen LogP contribution < -0.4 is 5.32 Å². The number of piperidine rings is 1. The highest BCUT2D eigenvalue weighted by Gasteiger charge is 2.58. The number of nitrogens with one attached hydrogen (secondary N) is 1. The largest absolute Gasteiger partial charge is 0.340 e. The van der Waals surface area contributed by atoms with Crippen LogP contribution in [0.4, 0.5) is 0 Å². The molecule has 2 aliphatic heterocycles. The molecule has 1 N–H and O–H groups in total. The van der Waals surface area contributed by atoms with Crippen molar-refractivity contribution in [2.75, 3.05) is 39.3 Å². The summed E-state index contributed by atoms with van der Waals surface area (Å²) in [4.78, 5) is 17.3. The first kappa shape index (κ1) is 17.3. The first-order chi connectivity index (χ1) is 9.28. The Balaban J connectivity index is 0.000000807. The van der Waals surface area contributed by atoms with Gasteiger partial charge in [0.15, 0.2) is 0 Å². The Morgan fingerprint density at radius 3 is 2.19 bits per heavy atom. The molecule has 4 fully saturated rings. The van der Waals surface area contributed by atoms with Crippen LogP contribution in [0.1, 0.15) is 32.1 Å². The van der Waals surface area contributed by atoms with E-state index >= 15 is 0 Å². The quantitative estimate of drug-likeness (QED) is 0.831. The normalized spacial score (nSPS) is 31.2. The number of halogens is 2. The van der Waals surface area contributed by atoms with E-state index in [0.29, 0.717) is 17.2 Å². The van der Waals surface area contributed by atoms with Crippen molar-refractivity contribution in [3.8, 4) is 0 Å². The summed E-state index contributed by atoms with van der Waals surface area (Å²) in [6.07, 6.45) is 6.35. The molecule has 0 aromatic carbocycles. The van der Waals surface area contributed by atoms with Crippen LogP contribution in [0, 0.1) is 11.3 Å². The molecular weight excluding hydrogens is 309 g/mol. The first-order valence-electron chi connectivity index (χ1n) is 8.02. The Morgan fingerprint density at radius 2 is 1.62 bits per heavy atom. The molecule has 0 aromatic heterocycles. The van der Waals surface area contributed by atoms with E-state index in [4.69, 9.17) is 0 Å². The molecule has 2 saturated carbocycles. The van der Waals surface area contributed by atoms with E-state index in [1.54, 1.807) is 0 Å². The summed E-state index contributed by atoms with van der Waals surface area (Å²) < 4.78 is 0. The lowest BCUT2D eigenvalue weighted by molar-refractivity contribution is -0.135. The molecule has 4 rings (SSSR count). The minimum atomic E-state index is 0. The number of rotatable bonds is 2. The van der Waals surface area contributed by atoms with Crippen LogP contribution in [-0.2, 0) is 4.79 Å². The van der Waals surface area contributed by atoms with Crippen molar-refractivity contribution in [2.24, 2.45) is 11.3 Å². The van der Waals surface area contributed by atoms with Gasteiger partial charge in [0, 0.05) is 38.1 Å². The lowest BCUT2D eigenvalue weighted by Crippen LogP contribution is -2.50. The van der Waals surface area contributed by atoms with Gasteiger partial charge in [-0.05, 0) is 50.6 Å². The summed E-state index contributed by atoms with van der Waals surface area (Å²) in [6.45, 7) is 6.38. The van der Waals surface area contributed by atoms with Gasteiger partial charge in [-0.25, -0.2) is 0 Å². The van der Waals surface area contributed by atoms with Gasteiger partial charge < -0.3 is 10.2 Å². The van der Waals surface area contributed by atoms with Crippen LogP contribution in [0.15, 0.2) is 0 Å². The summed E-state index contributed by atoms with van der Waals surface area (Å²) in [5, 5.41) is 3.41. The molecule has 1 spiro atoms. The molecule has 0 bridgehead atoms. The van der Waals surface area contributed by atoms with Crippen LogP contribution in [0.25, 0.3) is 0 Å². The lowest BCUT2D eigenvalue weighted by Gasteiger charge is -2.35. The van der Waals surface area contributed by atoms with Gasteiger partial charge in [-0.1, -0.05) is 0 Å². The van der Waals surface area contributed by atoms with E-state index in [2.05, 4.69) is 15.1 Å². The van der Waals surface area contributed by atoms with Crippen molar-refractivity contribution >= 4 is 30.7 Å². The van der Waals surface area contributed by atoms with E-state index in [-0.39, 0.29) is 24.8 Å². The van der Waals surface area contributed by atoms with Gasteiger partial charge in [0.25, 0.3) is 0 Å². The smallest absolute Gasteiger partial charge is 0.226 e. The Labute approximate surface area is 139 Å². The fourth-order valence-electron chi connectivity index (χ4n) is 4.14. The molecule has 4 aliphatic rings. The summed E-state index contributed by atoms with van der Waals surface area (Å²) in [7, 11) is 0. The third kappa shape index (κ3) is 3.34. The van der Waals surface area contributed by atoms with E-state index in [1.807, 2.05) is 0 Å². The SMILES string of the molecule is Cl.Cl.O=C(C1CC12CCNCC2)N1CCN(C2CC2)CC1. The van der Waals surface area contributed by atoms with E-state index in [0.717, 1.165) is 51.7 Å². The van der Waals surface area contributed by atoms with Gasteiger partial charge >= 0.3 is 0 Å². The molecule has 1 atom stereocenters. The summed E-state index contributed by atoms with van der Waals surface area (Å²) in [5.41, 5.74) is 0.399. The number of amides is 1. The van der Waals surface area contributed by atoms with Crippen LogP contribution in [0.2, 0.25) is 0 Å². The van der Waals surface area contributed by atoms with Crippen LogP contribution in [-0.4, -0.2) is 61.0 Å². The number of carbonyl (C=O) groups is 1. The summed E-state index contributed by atoms with van der Waals surface area (Å²) in [5.74, 6) is 0.833. The third-order valence-electron chi connectivity index (χ3n) is 5.78. The maximum Gasteiger partial charge on any atom is 0.226 e. The highest BCUT2D eigenvalue weighted by molar-refractivity contribution is 5.85. The van der Waals surface area contributed by atoms with Gasteiger partial charge in [0.05, 0.1) is 0 Å². The van der Waals surface area contributed by atoms with Gasteiger partial charge in [0.1, 0.15) is 0 Å². The average Bonchev–Trinajstić information content (AvgIpc) is 3.36. The number of piperazine rings is 1. The van der Waals surface area contributed by atoms with Gasteiger partial charge in [0.2, 0.25) is 5.91 Å². The highest BCUT2D eigenvalue weighted by Crippen LogP contribution is 2.59. The minimum Gasteiger partial charge on any atom is -0.340 e. The predicted molar refractivity (Wildman–Crippen MR) is 88.3 cm³/mol. The second-order valence-electron chi connectivity index (χ2n) is 6.96. The van der Waals surface area contributed by atoms with Crippen molar-refractivity contribution in [1.82, 2.24) is 15.1 Å². The maximum absolute atomic E-state index is 12.6. The number of nitrogens with zero attached hydrogens (tertiary/aromatic N) is 2. The molecule has 0 radical (unpaired) electrons. The van der Waals surface area contributed by atoms with E-state index < -0.39 is 0 Å². The van der Waals surface area contributed by atoms with Crippen molar-refractivity contribution < 1.29 is 4.79 Å². The molecule has 1 unspecified atom stereocenters. The Kier molecular flexibility index (Phi) is 5.45. The fraction of sp³-hybridized carbons (Fsp3) is 0.933. The van der Waals surface area contributed by atoms with Gasteiger partial charge in [-0.2, -0.15) is 0 Å². The van der Waals surface area contributed by atoms with Crippen molar-refractivity contribution in [3.05, 3.63) is 0 Å². The topological polar surface area (TPSA) is 35.6 Å². The van der Waals surface area contributed by atoms with Crippen molar-refractivity contribution in [1.29, 1.82) is 0 Å². The first-order valence-corrected chi connectivity index (χ1v) is 8.02. The molecule has 6 heteroatoms. The van der Waals surface area contributed by atoms with Crippen molar-refractivity contribution in [2.45, 2.75) is 38.1 Å². The van der Waals surface area contributed by atoms with Crippen molar-refractivity contribution in [3.63, 3.8) is 0 Å². The number of hydrogen-bond donors (Lipinski definition) is 1.